The zero-order valence-corrected chi connectivity index (χ0v) is 5.72. The Balaban J connectivity index is 2.97. The second kappa shape index (κ2) is 5.72. The highest BCUT2D eigenvalue weighted by Crippen LogP contribution is 1.88. The number of carbonyl (C=O) groups is 1. The van der Waals surface area contributed by atoms with Crippen molar-refractivity contribution in [2.24, 2.45) is 5.73 Å². The minimum Gasteiger partial charge on any atom is -0.385 e. The van der Waals surface area contributed by atoms with Crippen LogP contribution in [-0.4, -0.2) is 26.0 Å². The monoisotopic (exact) mass is 131 g/mol. The van der Waals surface area contributed by atoms with Crippen molar-refractivity contribution in [3.63, 3.8) is 0 Å². The molecule has 0 saturated carbocycles. The van der Waals surface area contributed by atoms with Crippen molar-refractivity contribution in [1.29, 1.82) is 0 Å². The normalized spacial score (nSPS) is 9.56. The van der Waals surface area contributed by atoms with E-state index < -0.39 is 0 Å². The van der Waals surface area contributed by atoms with Crippen LogP contribution in [0, 0.1) is 0 Å². The molecule has 0 saturated heterocycles. The molecule has 0 aliphatic carbocycles. The first-order chi connectivity index (χ1) is 4.31. The Hall–Kier alpha value is -0.410. The Morgan fingerprint density at radius 1 is 1.67 bits per heavy atom. The molecule has 0 radical (unpaired) electrons. The maximum Gasteiger partial charge on any atom is 0.146 e. The number of Topliss-reactive ketones (excluding diaryl/α,β-unsaturated/α-hetero) is 1. The van der Waals surface area contributed by atoms with Crippen molar-refractivity contribution >= 4 is 5.78 Å². The molecule has 2 N–H and O–H groups in total. The average Bonchev–Trinajstić information content (AvgIpc) is 1.89. The third kappa shape index (κ3) is 5.46. The van der Waals surface area contributed by atoms with Crippen molar-refractivity contribution in [2.75, 3.05) is 20.3 Å². The van der Waals surface area contributed by atoms with E-state index in [4.69, 9.17) is 10.5 Å². The molecule has 0 rings (SSSR count). The molecule has 3 heteroatoms. The lowest BCUT2D eigenvalue weighted by Gasteiger charge is -1.95. The van der Waals surface area contributed by atoms with E-state index in [9.17, 15) is 4.79 Å². The highest BCUT2D eigenvalue weighted by molar-refractivity contribution is 5.80. The standard InChI is InChI=1S/C6H13NO2/c1-9-4-2-3-6(8)5-7/h2-5,7H2,1H3. The van der Waals surface area contributed by atoms with Gasteiger partial charge in [-0.05, 0) is 6.42 Å². The first kappa shape index (κ1) is 8.59. The number of ketones is 1. The fourth-order valence-electron chi connectivity index (χ4n) is 0.516. The average molecular weight is 131 g/mol. The lowest BCUT2D eigenvalue weighted by molar-refractivity contribution is -0.118. The van der Waals surface area contributed by atoms with Gasteiger partial charge in [-0.15, -0.1) is 0 Å². The van der Waals surface area contributed by atoms with Crippen LogP contribution in [-0.2, 0) is 9.53 Å². The van der Waals surface area contributed by atoms with Gasteiger partial charge in [0.05, 0.1) is 6.54 Å². The Labute approximate surface area is 55.2 Å². The predicted molar refractivity (Wildman–Crippen MR) is 35.2 cm³/mol. The van der Waals surface area contributed by atoms with Crippen LogP contribution in [0.2, 0.25) is 0 Å². The highest BCUT2D eigenvalue weighted by atomic mass is 16.5. The maximum atomic E-state index is 10.5. The molecular formula is C6H13NO2. The summed E-state index contributed by atoms with van der Waals surface area (Å²) in [5.74, 6) is 0.104. The highest BCUT2D eigenvalue weighted by Gasteiger charge is 1.95. The lowest BCUT2D eigenvalue weighted by atomic mass is 10.2. The van der Waals surface area contributed by atoms with Gasteiger partial charge in [-0.3, -0.25) is 4.79 Å². The second-order valence-corrected chi connectivity index (χ2v) is 1.84. The molecule has 9 heavy (non-hydrogen) atoms. The fraction of sp³-hybridized carbons (Fsp3) is 0.833. The molecule has 0 heterocycles. The number of ether oxygens (including phenoxy) is 1. The Morgan fingerprint density at radius 2 is 2.33 bits per heavy atom. The van der Waals surface area contributed by atoms with E-state index in [1.165, 1.54) is 0 Å². The third-order valence-electron chi connectivity index (χ3n) is 1.03. The summed E-state index contributed by atoms with van der Waals surface area (Å²) in [6, 6.07) is 0. The topological polar surface area (TPSA) is 52.3 Å². The number of methoxy groups -OCH3 is 1. The van der Waals surface area contributed by atoms with E-state index in [2.05, 4.69) is 0 Å². The van der Waals surface area contributed by atoms with Crippen LogP contribution in [0.3, 0.4) is 0 Å². The Bertz CT molecular complexity index is 83.1. The second-order valence-electron chi connectivity index (χ2n) is 1.84. The van der Waals surface area contributed by atoms with Gasteiger partial charge in [0.1, 0.15) is 5.78 Å². The molecule has 0 aromatic rings. The van der Waals surface area contributed by atoms with Crippen LogP contribution in [0.5, 0.6) is 0 Å². The summed E-state index contributed by atoms with van der Waals surface area (Å²) < 4.78 is 4.74. The molecular weight excluding hydrogens is 118 g/mol. The number of nitrogens with two attached hydrogens (primary N) is 1. The predicted octanol–water partition coefficient (Wildman–Crippen LogP) is -0.0592. The summed E-state index contributed by atoms with van der Waals surface area (Å²) in [5, 5.41) is 0. The smallest absolute Gasteiger partial charge is 0.146 e. The van der Waals surface area contributed by atoms with E-state index in [0.717, 1.165) is 6.42 Å². The molecule has 0 atom stereocenters. The number of rotatable bonds is 5. The minimum atomic E-state index is 0.104. The number of hydrogen-bond donors (Lipinski definition) is 1. The molecule has 0 aromatic heterocycles. The Morgan fingerprint density at radius 3 is 2.78 bits per heavy atom. The molecule has 0 aliphatic rings. The molecule has 3 nitrogen and oxygen atoms in total. The first-order valence-corrected chi connectivity index (χ1v) is 3.02. The van der Waals surface area contributed by atoms with Gasteiger partial charge in [-0.1, -0.05) is 0 Å². The summed E-state index contributed by atoms with van der Waals surface area (Å²) in [5.41, 5.74) is 5.06. The lowest BCUT2D eigenvalue weighted by Crippen LogP contribution is -2.13. The van der Waals surface area contributed by atoms with E-state index in [1.54, 1.807) is 7.11 Å². The van der Waals surface area contributed by atoms with Gasteiger partial charge in [-0.2, -0.15) is 0 Å². The fourth-order valence-corrected chi connectivity index (χ4v) is 0.516. The molecule has 0 aromatic carbocycles. The summed E-state index contributed by atoms with van der Waals surface area (Å²) in [6.45, 7) is 0.801. The molecule has 0 fully saturated rings. The minimum absolute atomic E-state index is 0.104. The molecule has 0 aliphatic heterocycles. The quantitative estimate of drug-likeness (QED) is 0.532. The van der Waals surface area contributed by atoms with Crippen LogP contribution in [0.4, 0.5) is 0 Å². The maximum absolute atomic E-state index is 10.5. The van der Waals surface area contributed by atoms with Gasteiger partial charge < -0.3 is 10.5 Å². The van der Waals surface area contributed by atoms with E-state index in [-0.39, 0.29) is 12.3 Å². The molecule has 54 valence electrons. The van der Waals surface area contributed by atoms with Crippen LogP contribution in [0.1, 0.15) is 12.8 Å². The summed E-state index contributed by atoms with van der Waals surface area (Å²) in [7, 11) is 1.62. The SMILES string of the molecule is COCCCC(=O)CN. The van der Waals surface area contributed by atoms with Gasteiger partial charge in [0.25, 0.3) is 0 Å². The molecule has 0 amide bonds. The summed E-state index contributed by atoms with van der Waals surface area (Å²) in [4.78, 5) is 10.5. The van der Waals surface area contributed by atoms with Crippen molar-refractivity contribution in [3.8, 4) is 0 Å². The van der Waals surface area contributed by atoms with Crippen molar-refractivity contribution < 1.29 is 9.53 Å². The molecule has 0 unspecified atom stereocenters. The number of carbonyl (C=O) groups excluding carboxylic acids is 1. The van der Waals surface area contributed by atoms with Crippen LogP contribution >= 0.6 is 0 Å². The summed E-state index contributed by atoms with van der Waals surface area (Å²) >= 11 is 0. The van der Waals surface area contributed by atoms with Crippen molar-refractivity contribution in [3.05, 3.63) is 0 Å². The van der Waals surface area contributed by atoms with Crippen LogP contribution < -0.4 is 5.73 Å². The van der Waals surface area contributed by atoms with E-state index in [0.29, 0.717) is 13.0 Å². The zero-order chi connectivity index (χ0) is 7.11. The van der Waals surface area contributed by atoms with Crippen molar-refractivity contribution in [1.82, 2.24) is 0 Å². The largest absolute Gasteiger partial charge is 0.385 e. The summed E-state index contributed by atoms with van der Waals surface area (Å²) in [6.07, 6.45) is 1.33. The molecule has 0 bridgehead atoms. The number of hydrogen-bond acceptors (Lipinski definition) is 3. The zero-order valence-electron chi connectivity index (χ0n) is 5.72. The van der Waals surface area contributed by atoms with Crippen LogP contribution in [0.25, 0.3) is 0 Å². The Kier molecular flexibility index (Phi) is 5.46. The van der Waals surface area contributed by atoms with Crippen LogP contribution in [0.15, 0.2) is 0 Å². The van der Waals surface area contributed by atoms with Gasteiger partial charge in [0.2, 0.25) is 0 Å². The van der Waals surface area contributed by atoms with Crippen molar-refractivity contribution in [2.45, 2.75) is 12.8 Å². The molecule has 0 spiro atoms. The van der Waals surface area contributed by atoms with E-state index >= 15 is 0 Å². The third-order valence-corrected chi connectivity index (χ3v) is 1.03. The van der Waals surface area contributed by atoms with Gasteiger partial charge >= 0.3 is 0 Å². The first-order valence-electron chi connectivity index (χ1n) is 3.02. The van der Waals surface area contributed by atoms with Gasteiger partial charge in [0, 0.05) is 20.1 Å². The van der Waals surface area contributed by atoms with E-state index in [1.807, 2.05) is 0 Å². The van der Waals surface area contributed by atoms with Gasteiger partial charge in [0.15, 0.2) is 0 Å². The van der Waals surface area contributed by atoms with Gasteiger partial charge in [-0.25, -0.2) is 0 Å².